The second kappa shape index (κ2) is 5.12. The lowest BCUT2D eigenvalue weighted by molar-refractivity contribution is 0.181. The first-order valence-electron chi connectivity index (χ1n) is 4.97. The smallest absolute Gasteiger partial charge is 0.0513 e. The van der Waals surface area contributed by atoms with E-state index in [4.69, 9.17) is 10.5 Å². The Kier molecular flexibility index (Phi) is 4.04. The monoisotopic (exact) mass is 381 g/mol. The molecule has 0 radical (unpaired) electrons. The van der Waals surface area contributed by atoms with Gasteiger partial charge in [-0.1, -0.05) is 15.9 Å². The van der Waals surface area contributed by atoms with Gasteiger partial charge in [-0.05, 0) is 52.8 Å². The Morgan fingerprint density at radius 1 is 1.53 bits per heavy atom. The van der Waals surface area contributed by atoms with Gasteiger partial charge in [0.05, 0.1) is 6.61 Å². The highest BCUT2D eigenvalue weighted by Gasteiger charge is 2.25. The highest BCUT2D eigenvalue weighted by Crippen LogP contribution is 2.31. The molecule has 1 aromatic carbocycles. The predicted octanol–water partition coefficient (Wildman–Crippen LogP) is 3.09. The molecule has 82 valence electrons. The van der Waals surface area contributed by atoms with Gasteiger partial charge in [-0.25, -0.2) is 0 Å². The molecule has 0 bridgehead atoms. The molecule has 4 heteroatoms. The maximum absolute atomic E-state index is 6.26. The topological polar surface area (TPSA) is 35.2 Å². The molecular weight excluding hydrogens is 369 g/mol. The fraction of sp³-hybridized carbons (Fsp3) is 0.455. The lowest BCUT2D eigenvalue weighted by Gasteiger charge is -2.19. The van der Waals surface area contributed by atoms with Crippen LogP contribution in [0.4, 0.5) is 0 Å². The molecule has 0 aliphatic carbocycles. The summed E-state index contributed by atoms with van der Waals surface area (Å²) < 4.78 is 7.70. The van der Waals surface area contributed by atoms with E-state index in [1.54, 1.807) is 0 Å². The summed E-state index contributed by atoms with van der Waals surface area (Å²) in [5.41, 5.74) is 7.49. The molecule has 1 saturated heterocycles. The Morgan fingerprint density at radius 2 is 2.33 bits per heavy atom. The standard InChI is InChI=1S/C11H13BrINO/c12-8-1-2-10(13)9(5-8)11(14)7-3-4-15-6-7/h1-2,5,7,11H,3-4,6,14H2. The van der Waals surface area contributed by atoms with Crippen LogP contribution in [0.2, 0.25) is 0 Å². The van der Waals surface area contributed by atoms with Gasteiger partial charge in [0.2, 0.25) is 0 Å². The molecule has 0 spiro atoms. The minimum Gasteiger partial charge on any atom is -0.381 e. The summed E-state index contributed by atoms with van der Waals surface area (Å²) in [5.74, 6) is 0.466. The van der Waals surface area contributed by atoms with E-state index in [0.717, 1.165) is 24.1 Å². The van der Waals surface area contributed by atoms with Crippen molar-refractivity contribution in [1.29, 1.82) is 0 Å². The van der Waals surface area contributed by atoms with Crippen molar-refractivity contribution in [3.63, 3.8) is 0 Å². The number of ether oxygens (including phenoxy) is 1. The fourth-order valence-electron chi connectivity index (χ4n) is 1.86. The molecule has 15 heavy (non-hydrogen) atoms. The van der Waals surface area contributed by atoms with Crippen LogP contribution in [0.3, 0.4) is 0 Å². The lowest BCUT2D eigenvalue weighted by Crippen LogP contribution is -2.22. The molecular formula is C11H13BrINO. The fourth-order valence-corrected chi connectivity index (χ4v) is 2.93. The van der Waals surface area contributed by atoms with Crippen molar-refractivity contribution < 1.29 is 4.74 Å². The lowest BCUT2D eigenvalue weighted by atomic mass is 9.93. The number of benzene rings is 1. The van der Waals surface area contributed by atoms with Crippen LogP contribution < -0.4 is 5.73 Å². The van der Waals surface area contributed by atoms with Gasteiger partial charge in [-0.2, -0.15) is 0 Å². The highest BCUT2D eigenvalue weighted by atomic mass is 127. The minimum atomic E-state index is 0.0944. The number of halogens is 2. The highest BCUT2D eigenvalue weighted by molar-refractivity contribution is 14.1. The van der Waals surface area contributed by atoms with Crippen molar-refractivity contribution in [2.75, 3.05) is 13.2 Å². The average Bonchev–Trinajstić information content (AvgIpc) is 2.74. The van der Waals surface area contributed by atoms with E-state index in [1.807, 2.05) is 6.07 Å². The molecule has 0 saturated carbocycles. The molecule has 0 amide bonds. The summed E-state index contributed by atoms with van der Waals surface area (Å²) in [7, 11) is 0. The Hall–Kier alpha value is 0.350. The van der Waals surface area contributed by atoms with Crippen molar-refractivity contribution in [2.45, 2.75) is 12.5 Å². The summed E-state index contributed by atoms with van der Waals surface area (Å²) in [6.45, 7) is 1.65. The first-order chi connectivity index (χ1) is 7.18. The van der Waals surface area contributed by atoms with Gasteiger partial charge in [0.25, 0.3) is 0 Å². The van der Waals surface area contributed by atoms with Crippen molar-refractivity contribution in [3.8, 4) is 0 Å². The number of hydrogen-bond donors (Lipinski definition) is 1. The van der Waals surface area contributed by atoms with Crippen LogP contribution in [0.15, 0.2) is 22.7 Å². The van der Waals surface area contributed by atoms with E-state index in [2.05, 4.69) is 50.7 Å². The van der Waals surface area contributed by atoms with Crippen LogP contribution in [0.5, 0.6) is 0 Å². The molecule has 2 atom stereocenters. The van der Waals surface area contributed by atoms with E-state index in [0.29, 0.717) is 5.92 Å². The zero-order chi connectivity index (χ0) is 10.8. The van der Waals surface area contributed by atoms with E-state index >= 15 is 0 Å². The van der Waals surface area contributed by atoms with Gasteiger partial charge in [0.1, 0.15) is 0 Å². The molecule has 2 rings (SSSR count). The maximum atomic E-state index is 6.26. The summed E-state index contributed by atoms with van der Waals surface area (Å²) in [4.78, 5) is 0. The Balaban J connectivity index is 2.23. The summed E-state index contributed by atoms with van der Waals surface area (Å²) >= 11 is 5.82. The van der Waals surface area contributed by atoms with E-state index < -0.39 is 0 Å². The Bertz CT molecular complexity index is 352. The number of rotatable bonds is 2. The minimum absolute atomic E-state index is 0.0944. The van der Waals surface area contributed by atoms with Crippen LogP contribution in [0, 0.1) is 9.49 Å². The summed E-state index contributed by atoms with van der Waals surface area (Å²) in [5, 5.41) is 0. The number of hydrogen-bond acceptors (Lipinski definition) is 2. The van der Waals surface area contributed by atoms with Crippen LogP contribution in [0.1, 0.15) is 18.0 Å². The SMILES string of the molecule is NC(c1cc(Br)ccc1I)C1CCOC1. The molecule has 0 aromatic heterocycles. The molecule has 2 nitrogen and oxygen atoms in total. The quantitative estimate of drug-likeness (QED) is 0.799. The molecule has 1 aliphatic rings. The van der Waals surface area contributed by atoms with Gasteiger partial charge in [0, 0.05) is 26.6 Å². The molecule has 1 aliphatic heterocycles. The van der Waals surface area contributed by atoms with E-state index in [1.165, 1.54) is 9.13 Å². The van der Waals surface area contributed by atoms with Crippen molar-refractivity contribution in [3.05, 3.63) is 31.8 Å². The zero-order valence-electron chi connectivity index (χ0n) is 8.25. The Labute approximate surface area is 112 Å². The number of nitrogens with two attached hydrogens (primary N) is 1. The third kappa shape index (κ3) is 2.72. The maximum Gasteiger partial charge on any atom is 0.0513 e. The molecule has 2 N–H and O–H groups in total. The van der Waals surface area contributed by atoms with Crippen LogP contribution in [0.25, 0.3) is 0 Å². The third-order valence-corrected chi connectivity index (χ3v) is 4.27. The largest absolute Gasteiger partial charge is 0.381 e. The predicted molar refractivity (Wildman–Crippen MR) is 72.7 cm³/mol. The molecule has 1 aromatic rings. The zero-order valence-corrected chi connectivity index (χ0v) is 12.0. The first-order valence-corrected chi connectivity index (χ1v) is 6.84. The summed E-state index contributed by atoms with van der Waals surface area (Å²) in [6.07, 6.45) is 1.07. The van der Waals surface area contributed by atoms with Gasteiger partial charge < -0.3 is 10.5 Å². The van der Waals surface area contributed by atoms with Crippen LogP contribution >= 0.6 is 38.5 Å². The van der Waals surface area contributed by atoms with Crippen molar-refractivity contribution in [1.82, 2.24) is 0 Å². The van der Waals surface area contributed by atoms with Crippen molar-refractivity contribution >= 4 is 38.5 Å². The molecule has 1 heterocycles. The second-order valence-corrected chi connectivity index (χ2v) is 5.89. The summed E-state index contributed by atoms with van der Waals surface area (Å²) in [6, 6.07) is 6.35. The second-order valence-electron chi connectivity index (χ2n) is 3.82. The average molecular weight is 382 g/mol. The third-order valence-electron chi connectivity index (χ3n) is 2.79. The first kappa shape index (κ1) is 11.8. The Morgan fingerprint density at radius 3 is 3.00 bits per heavy atom. The van der Waals surface area contributed by atoms with E-state index in [-0.39, 0.29) is 6.04 Å². The van der Waals surface area contributed by atoms with Gasteiger partial charge in [0.15, 0.2) is 0 Å². The van der Waals surface area contributed by atoms with Crippen LogP contribution in [-0.2, 0) is 4.74 Å². The van der Waals surface area contributed by atoms with Crippen LogP contribution in [-0.4, -0.2) is 13.2 Å². The van der Waals surface area contributed by atoms with E-state index in [9.17, 15) is 0 Å². The van der Waals surface area contributed by atoms with Gasteiger partial charge in [-0.3, -0.25) is 0 Å². The van der Waals surface area contributed by atoms with Crippen molar-refractivity contribution in [2.24, 2.45) is 11.7 Å². The molecule has 2 unspecified atom stereocenters. The molecule has 1 fully saturated rings. The van der Waals surface area contributed by atoms with Gasteiger partial charge in [-0.15, -0.1) is 0 Å². The normalized spacial score (nSPS) is 23.0. The van der Waals surface area contributed by atoms with Gasteiger partial charge >= 0.3 is 0 Å².